The number of hydrogen-bond donors (Lipinski definition) is 6. The molecule has 0 bridgehead atoms. The molecule has 10 heteroatoms. The molecule has 2 heterocycles. The van der Waals surface area contributed by atoms with E-state index in [9.17, 15) is 40.2 Å². The van der Waals surface area contributed by atoms with Gasteiger partial charge in [-0.3, -0.25) is 9.59 Å². The number of carbonyl (C=O) groups excluding carboxylic acids is 2. The van der Waals surface area contributed by atoms with Crippen molar-refractivity contribution in [2.24, 2.45) is 0 Å². The number of ether oxygens (including phenoxy) is 2. The van der Waals surface area contributed by atoms with Crippen molar-refractivity contribution in [2.75, 3.05) is 0 Å². The quantitative estimate of drug-likeness (QED) is 0.212. The van der Waals surface area contributed by atoms with Crippen LogP contribution in [0.25, 0.3) is 0 Å². The Labute approximate surface area is 226 Å². The first-order valence-electron chi connectivity index (χ1n) is 12.3. The number of Topliss-reactive ketones (excluding diaryl/α,β-unsaturated/α-hetero) is 2. The molecule has 2 aliphatic heterocycles. The SMILES string of the molecule is O=C1CC(c2ccc(O)cc2)Oc2cc(O)c([C@H]3C(=O)c4c(O)cc(O)cc4O[C@@H]3c3ccc(O)cc3)c(O)c21. The highest BCUT2D eigenvalue weighted by atomic mass is 16.5. The van der Waals surface area contributed by atoms with E-state index in [1.165, 1.54) is 36.4 Å². The standard InChI is InChI=1S/C30H22O10/c31-15-5-1-13(2-6-15)21-11-19(35)25-23(39-21)12-20(36)26(28(25)37)27-29(38)24-18(34)9-17(33)10-22(24)40-30(27)14-3-7-16(32)8-4-14/h1-10,12,21,27,30-34,36-37H,11H2/t21?,27-,30+/m0/s1. The van der Waals surface area contributed by atoms with Gasteiger partial charge in [-0.15, -0.1) is 0 Å². The average Bonchev–Trinajstić information content (AvgIpc) is 2.89. The van der Waals surface area contributed by atoms with Crippen LogP contribution in [0, 0.1) is 0 Å². The predicted molar refractivity (Wildman–Crippen MR) is 139 cm³/mol. The van der Waals surface area contributed by atoms with Gasteiger partial charge in [0.1, 0.15) is 69.3 Å². The molecule has 0 spiro atoms. The smallest absolute Gasteiger partial charge is 0.182 e. The Morgan fingerprint density at radius 3 is 1.88 bits per heavy atom. The number of benzene rings is 4. The minimum absolute atomic E-state index is 0.0385. The molecular formula is C30H22O10. The second-order valence-corrected chi connectivity index (χ2v) is 9.67. The molecule has 0 saturated carbocycles. The Morgan fingerprint density at radius 2 is 1.23 bits per heavy atom. The van der Waals surface area contributed by atoms with Crippen molar-refractivity contribution in [3.8, 4) is 46.0 Å². The molecule has 0 aromatic heterocycles. The fraction of sp³-hybridized carbons (Fsp3) is 0.133. The van der Waals surface area contributed by atoms with Gasteiger partial charge in [0.15, 0.2) is 11.6 Å². The largest absolute Gasteiger partial charge is 0.508 e. The van der Waals surface area contributed by atoms with Crippen molar-refractivity contribution >= 4 is 11.6 Å². The first kappa shape index (κ1) is 24.9. The van der Waals surface area contributed by atoms with Crippen molar-refractivity contribution in [3.63, 3.8) is 0 Å². The van der Waals surface area contributed by atoms with E-state index in [1.54, 1.807) is 12.1 Å². The lowest BCUT2D eigenvalue weighted by atomic mass is 9.78. The van der Waals surface area contributed by atoms with Crippen molar-refractivity contribution in [1.29, 1.82) is 0 Å². The van der Waals surface area contributed by atoms with Gasteiger partial charge in [0, 0.05) is 18.2 Å². The number of carbonyl (C=O) groups is 2. The maximum Gasteiger partial charge on any atom is 0.182 e. The molecule has 0 saturated heterocycles. The van der Waals surface area contributed by atoms with Crippen LogP contribution in [0.1, 0.15) is 62.0 Å². The maximum atomic E-state index is 13.9. The Kier molecular flexibility index (Phi) is 5.69. The number of phenols is 6. The van der Waals surface area contributed by atoms with Gasteiger partial charge in [-0.2, -0.15) is 0 Å². The summed E-state index contributed by atoms with van der Waals surface area (Å²) < 4.78 is 12.0. The molecule has 0 fully saturated rings. The highest BCUT2D eigenvalue weighted by molar-refractivity contribution is 6.09. The highest BCUT2D eigenvalue weighted by Crippen LogP contribution is 2.54. The third-order valence-electron chi connectivity index (χ3n) is 7.15. The number of rotatable bonds is 3. The highest BCUT2D eigenvalue weighted by Gasteiger charge is 2.45. The summed E-state index contributed by atoms with van der Waals surface area (Å²) in [5.74, 6) is -5.05. The number of phenolic OH excluding ortho intramolecular Hbond substituents is 6. The van der Waals surface area contributed by atoms with Gasteiger partial charge >= 0.3 is 0 Å². The van der Waals surface area contributed by atoms with Crippen LogP contribution >= 0.6 is 0 Å². The van der Waals surface area contributed by atoms with Gasteiger partial charge in [0.05, 0.1) is 17.9 Å². The number of fused-ring (bicyclic) bond motifs is 2. The second-order valence-electron chi connectivity index (χ2n) is 9.67. The van der Waals surface area contributed by atoms with Crippen molar-refractivity contribution in [3.05, 3.63) is 94.5 Å². The summed E-state index contributed by atoms with van der Waals surface area (Å²) in [6.07, 6.45) is -2.10. The zero-order valence-electron chi connectivity index (χ0n) is 20.6. The Morgan fingerprint density at radius 1 is 0.625 bits per heavy atom. The van der Waals surface area contributed by atoms with Crippen LogP contribution in [-0.2, 0) is 0 Å². The Hall–Kier alpha value is -5.38. The summed E-state index contributed by atoms with van der Waals surface area (Å²) in [6, 6.07) is 15.0. The molecule has 4 aromatic rings. The van der Waals surface area contributed by atoms with Gasteiger partial charge in [-0.25, -0.2) is 0 Å². The monoisotopic (exact) mass is 542 g/mol. The molecule has 1 unspecified atom stereocenters. The molecule has 40 heavy (non-hydrogen) atoms. The summed E-state index contributed by atoms with van der Waals surface area (Å²) in [5, 5.41) is 62.3. The van der Waals surface area contributed by atoms with E-state index in [4.69, 9.17) is 9.47 Å². The van der Waals surface area contributed by atoms with Crippen LogP contribution < -0.4 is 9.47 Å². The molecule has 0 amide bonds. The van der Waals surface area contributed by atoms with Gasteiger partial charge in [0.2, 0.25) is 0 Å². The minimum atomic E-state index is -1.44. The van der Waals surface area contributed by atoms with Crippen molar-refractivity contribution in [2.45, 2.75) is 24.5 Å². The molecule has 2 aliphatic rings. The Balaban J connectivity index is 1.49. The van der Waals surface area contributed by atoms with Crippen LogP contribution in [0.3, 0.4) is 0 Å². The second kappa shape index (κ2) is 9.12. The summed E-state index contributed by atoms with van der Waals surface area (Å²) in [6.45, 7) is 0. The number of aromatic hydroxyl groups is 6. The molecule has 10 nitrogen and oxygen atoms in total. The zero-order chi connectivity index (χ0) is 28.3. The van der Waals surface area contributed by atoms with E-state index < -0.39 is 46.9 Å². The van der Waals surface area contributed by atoms with Crippen molar-refractivity contribution in [1.82, 2.24) is 0 Å². The fourth-order valence-corrected chi connectivity index (χ4v) is 5.29. The van der Waals surface area contributed by atoms with Gasteiger partial charge in [-0.05, 0) is 35.4 Å². The molecule has 202 valence electrons. The van der Waals surface area contributed by atoms with E-state index in [2.05, 4.69) is 0 Å². The molecule has 4 aromatic carbocycles. The van der Waals surface area contributed by atoms with Gasteiger partial charge < -0.3 is 40.1 Å². The van der Waals surface area contributed by atoms with Crippen LogP contribution in [0.15, 0.2) is 66.7 Å². The van der Waals surface area contributed by atoms with Crippen LogP contribution in [-0.4, -0.2) is 42.2 Å². The van der Waals surface area contributed by atoms with Crippen LogP contribution in [0.2, 0.25) is 0 Å². The lowest BCUT2D eigenvalue weighted by Gasteiger charge is -2.35. The van der Waals surface area contributed by atoms with E-state index in [0.717, 1.165) is 18.2 Å². The number of ketones is 2. The fourth-order valence-electron chi connectivity index (χ4n) is 5.29. The van der Waals surface area contributed by atoms with Crippen molar-refractivity contribution < 1.29 is 49.7 Å². The predicted octanol–water partition coefficient (Wildman–Crippen LogP) is 4.73. The topological polar surface area (TPSA) is 174 Å². The van der Waals surface area contributed by atoms with E-state index in [1.807, 2.05) is 0 Å². The molecule has 6 rings (SSSR count). The van der Waals surface area contributed by atoms with Crippen LogP contribution in [0.4, 0.5) is 0 Å². The average molecular weight is 542 g/mol. The molecular weight excluding hydrogens is 520 g/mol. The third-order valence-corrected chi connectivity index (χ3v) is 7.15. The molecule has 3 atom stereocenters. The third kappa shape index (κ3) is 3.97. The van der Waals surface area contributed by atoms with E-state index in [-0.39, 0.29) is 51.9 Å². The lowest BCUT2D eigenvalue weighted by Crippen LogP contribution is -2.31. The Bertz CT molecular complexity index is 1670. The maximum absolute atomic E-state index is 13.9. The lowest BCUT2D eigenvalue weighted by molar-refractivity contribution is 0.0759. The van der Waals surface area contributed by atoms with Gasteiger partial charge in [-0.1, -0.05) is 24.3 Å². The number of hydrogen-bond acceptors (Lipinski definition) is 10. The first-order valence-corrected chi connectivity index (χ1v) is 12.3. The molecule has 0 radical (unpaired) electrons. The normalized spacial score (nSPS) is 19.8. The zero-order valence-corrected chi connectivity index (χ0v) is 20.6. The molecule has 0 aliphatic carbocycles. The van der Waals surface area contributed by atoms with E-state index in [0.29, 0.717) is 11.1 Å². The summed E-state index contributed by atoms with van der Waals surface area (Å²) in [5.41, 5.74) is 0.166. The first-order chi connectivity index (χ1) is 19.1. The summed E-state index contributed by atoms with van der Waals surface area (Å²) in [4.78, 5) is 27.2. The van der Waals surface area contributed by atoms with E-state index >= 15 is 0 Å². The van der Waals surface area contributed by atoms with Crippen LogP contribution in [0.5, 0.6) is 46.0 Å². The molecule has 6 N–H and O–H groups in total. The summed E-state index contributed by atoms with van der Waals surface area (Å²) in [7, 11) is 0. The van der Waals surface area contributed by atoms with Gasteiger partial charge in [0.25, 0.3) is 0 Å². The summed E-state index contributed by atoms with van der Waals surface area (Å²) >= 11 is 0. The minimum Gasteiger partial charge on any atom is -0.508 e.